The van der Waals surface area contributed by atoms with E-state index in [1.54, 1.807) is 27.9 Å². The first-order chi connectivity index (χ1) is 6.81. The van der Waals surface area contributed by atoms with Crippen LogP contribution in [0.15, 0.2) is 18.7 Å². The topological polar surface area (TPSA) is 65.6 Å². The number of imidazole rings is 1. The van der Waals surface area contributed by atoms with E-state index in [2.05, 4.69) is 15.2 Å². The van der Waals surface area contributed by atoms with Gasteiger partial charge in [0.15, 0.2) is 17.9 Å². The van der Waals surface area contributed by atoms with Crippen LogP contribution in [0.1, 0.15) is 16.4 Å². The molecule has 14 heavy (non-hydrogen) atoms. The minimum absolute atomic E-state index is 0.396. The minimum atomic E-state index is 0.396. The van der Waals surface area contributed by atoms with Gasteiger partial charge >= 0.3 is 0 Å². The second kappa shape index (κ2) is 3.41. The highest BCUT2D eigenvalue weighted by Gasteiger charge is 2.05. The Bertz CT molecular complexity index is 444. The fourth-order valence-electron chi connectivity index (χ4n) is 1.18. The summed E-state index contributed by atoms with van der Waals surface area (Å²) in [6.45, 7) is 0.505. The van der Waals surface area contributed by atoms with Gasteiger partial charge in [0.05, 0.1) is 6.54 Å². The largest absolute Gasteiger partial charge is 0.321 e. The second-order valence-electron chi connectivity index (χ2n) is 2.89. The van der Waals surface area contributed by atoms with Crippen molar-refractivity contribution >= 4 is 6.29 Å². The molecule has 2 aromatic rings. The number of hydrogen-bond donors (Lipinski definition) is 0. The van der Waals surface area contributed by atoms with Gasteiger partial charge in [0.2, 0.25) is 0 Å². The van der Waals surface area contributed by atoms with E-state index in [-0.39, 0.29) is 0 Å². The Morgan fingerprint density at radius 1 is 1.57 bits per heavy atom. The van der Waals surface area contributed by atoms with Crippen molar-refractivity contribution in [2.24, 2.45) is 7.05 Å². The Morgan fingerprint density at radius 3 is 3.07 bits per heavy atom. The Morgan fingerprint density at radius 2 is 2.43 bits per heavy atom. The fourth-order valence-corrected chi connectivity index (χ4v) is 1.18. The quantitative estimate of drug-likeness (QED) is 0.634. The van der Waals surface area contributed by atoms with E-state index >= 15 is 0 Å². The third kappa shape index (κ3) is 1.41. The van der Waals surface area contributed by atoms with Gasteiger partial charge in [-0.2, -0.15) is 0 Å². The standard InChI is InChI=1S/C8H9N5O/c1-12-6-10-11-7(12)4-13-3-2-9-8(13)5-14/h2-3,5-6H,4H2,1H3. The summed E-state index contributed by atoms with van der Waals surface area (Å²) in [5.74, 6) is 1.18. The van der Waals surface area contributed by atoms with Gasteiger partial charge in [-0.15, -0.1) is 10.2 Å². The molecule has 2 aromatic heterocycles. The van der Waals surface area contributed by atoms with Crippen LogP contribution in [0.2, 0.25) is 0 Å². The van der Waals surface area contributed by atoms with Crippen molar-refractivity contribution in [3.63, 3.8) is 0 Å². The summed E-state index contributed by atoms with van der Waals surface area (Å²) in [5.41, 5.74) is 0. The molecule has 0 N–H and O–H groups in total. The molecule has 0 saturated heterocycles. The highest BCUT2D eigenvalue weighted by Crippen LogP contribution is 2.00. The first-order valence-electron chi connectivity index (χ1n) is 4.10. The third-order valence-corrected chi connectivity index (χ3v) is 1.97. The van der Waals surface area contributed by atoms with Gasteiger partial charge in [-0.05, 0) is 0 Å². The maximum Gasteiger partial charge on any atom is 0.185 e. The molecular weight excluding hydrogens is 182 g/mol. The van der Waals surface area contributed by atoms with Gasteiger partial charge in [-0.1, -0.05) is 0 Å². The normalized spacial score (nSPS) is 10.4. The molecule has 0 radical (unpaired) electrons. The van der Waals surface area contributed by atoms with Gasteiger partial charge in [0.1, 0.15) is 6.33 Å². The average Bonchev–Trinajstić information content (AvgIpc) is 2.77. The van der Waals surface area contributed by atoms with Gasteiger partial charge in [0, 0.05) is 19.4 Å². The van der Waals surface area contributed by atoms with E-state index < -0.39 is 0 Å². The second-order valence-corrected chi connectivity index (χ2v) is 2.89. The van der Waals surface area contributed by atoms with E-state index in [4.69, 9.17) is 0 Å². The van der Waals surface area contributed by atoms with Crippen molar-refractivity contribution in [3.8, 4) is 0 Å². The third-order valence-electron chi connectivity index (χ3n) is 1.97. The summed E-state index contributed by atoms with van der Waals surface area (Å²) in [6.07, 6.45) is 5.65. The summed E-state index contributed by atoms with van der Waals surface area (Å²) in [7, 11) is 1.85. The van der Waals surface area contributed by atoms with E-state index in [0.29, 0.717) is 12.4 Å². The molecule has 0 atom stereocenters. The van der Waals surface area contributed by atoms with Crippen molar-refractivity contribution in [3.05, 3.63) is 30.4 Å². The Kier molecular flexibility index (Phi) is 2.10. The summed E-state index contributed by atoms with van der Waals surface area (Å²) in [4.78, 5) is 14.5. The first kappa shape index (κ1) is 8.61. The lowest BCUT2D eigenvalue weighted by molar-refractivity contribution is 0.111. The molecule has 0 aliphatic carbocycles. The van der Waals surface area contributed by atoms with Gasteiger partial charge < -0.3 is 9.13 Å². The van der Waals surface area contributed by atoms with Gasteiger partial charge in [-0.3, -0.25) is 4.79 Å². The molecule has 0 aromatic carbocycles. The Labute approximate surface area is 80.2 Å². The van der Waals surface area contributed by atoms with Crippen molar-refractivity contribution < 1.29 is 4.79 Å². The molecule has 6 heteroatoms. The maximum atomic E-state index is 10.6. The average molecular weight is 191 g/mol. The van der Waals surface area contributed by atoms with Gasteiger partial charge in [0.25, 0.3) is 0 Å². The summed E-state index contributed by atoms with van der Waals surface area (Å²) in [6, 6.07) is 0. The van der Waals surface area contributed by atoms with Crippen LogP contribution in [0.25, 0.3) is 0 Å². The SMILES string of the molecule is Cn1cnnc1Cn1ccnc1C=O. The Hall–Kier alpha value is -1.98. The van der Waals surface area contributed by atoms with Crippen molar-refractivity contribution in [2.45, 2.75) is 6.54 Å². The lowest BCUT2D eigenvalue weighted by atomic mass is 10.5. The van der Waals surface area contributed by atoms with Crippen LogP contribution in [0.5, 0.6) is 0 Å². The molecular formula is C8H9N5O. The first-order valence-corrected chi connectivity index (χ1v) is 4.10. The van der Waals surface area contributed by atoms with Crippen LogP contribution in [0.3, 0.4) is 0 Å². The number of rotatable bonds is 3. The lowest BCUT2D eigenvalue weighted by Crippen LogP contribution is -2.07. The van der Waals surface area contributed by atoms with Crippen molar-refractivity contribution in [1.82, 2.24) is 24.3 Å². The van der Waals surface area contributed by atoms with E-state index in [9.17, 15) is 4.79 Å². The maximum absolute atomic E-state index is 10.6. The van der Waals surface area contributed by atoms with Crippen LogP contribution >= 0.6 is 0 Å². The molecule has 0 amide bonds. The summed E-state index contributed by atoms with van der Waals surface area (Å²) in [5, 5.41) is 7.66. The highest BCUT2D eigenvalue weighted by atomic mass is 16.1. The van der Waals surface area contributed by atoms with E-state index in [1.807, 2.05) is 7.05 Å². The zero-order chi connectivity index (χ0) is 9.97. The molecule has 0 unspecified atom stereocenters. The number of carbonyl (C=O) groups excluding carboxylic acids is 1. The molecule has 0 fully saturated rings. The van der Waals surface area contributed by atoms with Gasteiger partial charge in [-0.25, -0.2) is 4.98 Å². The van der Waals surface area contributed by atoms with Crippen LogP contribution in [0, 0.1) is 0 Å². The number of carbonyl (C=O) groups is 1. The monoisotopic (exact) mass is 191 g/mol. The van der Waals surface area contributed by atoms with Crippen LogP contribution in [-0.4, -0.2) is 30.6 Å². The predicted octanol–water partition coefficient (Wildman–Crippen LogP) is -0.128. The fraction of sp³-hybridized carbons (Fsp3) is 0.250. The molecule has 0 spiro atoms. The number of aryl methyl sites for hydroxylation is 1. The Balaban J connectivity index is 2.27. The molecule has 2 rings (SSSR count). The zero-order valence-corrected chi connectivity index (χ0v) is 7.66. The number of hydrogen-bond acceptors (Lipinski definition) is 4. The summed E-state index contributed by atoms with van der Waals surface area (Å²) >= 11 is 0. The van der Waals surface area contributed by atoms with Crippen LogP contribution < -0.4 is 0 Å². The molecule has 72 valence electrons. The van der Waals surface area contributed by atoms with E-state index in [1.165, 1.54) is 0 Å². The van der Waals surface area contributed by atoms with Crippen molar-refractivity contribution in [1.29, 1.82) is 0 Å². The minimum Gasteiger partial charge on any atom is -0.321 e. The summed E-state index contributed by atoms with van der Waals surface area (Å²) < 4.78 is 3.52. The molecule has 0 bridgehead atoms. The highest BCUT2D eigenvalue weighted by molar-refractivity contribution is 5.69. The van der Waals surface area contributed by atoms with Crippen molar-refractivity contribution in [2.75, 3.05) is 0 Å². The molecule has 2 heterocycles. The zero-order valence-electron chi connectivity index (χ0n) is 7.66. The molecule has 0 aliphatic heterocycles. The predicted molar refractivity (Wildman–Crippen MR) is 47.7 cm³/mol. The molecule has 6 nitrogen and oxygen atoms in total. The lowest BCUT2D eigenvalue weighted by Gasteiger charge is -2.02. The van der Waals surface area contributed by atoms with Crippen LogP contribution in [-0.2, 0) is 13.6 Å². The van der Waals surface area contributed by atoms with E-state index in [0.717, 1.165) is 12.1 Å². The molecule has 0 aliphatic rings. The number of aldehydes is 1. The number of nitrogens with zero attached hydrogens (tertiary/aromatic N) is 5. The smallest absolute Gasteiger partial charge is 0.185 e. The molecule has 0 saturated carbocycles. The van der Waals surface area contributed by atoms with Crippen LogP contribution in [0.4, 0.5) is 0 Å². The number of aromatic nitrogens is 5.